The Bertz CT molecular complexity index is 902. The molecular weight excluding hydrogens is 354 g/mol. The Kier molecular flexibility index (Phi) is 6.07. The number of hydrogen-bond acceptors (Lipinski definition) is 4. The normalized spacial score (nSPS) is 11.6. The standard InChI is InChI=1S/C23H21NO4/c1-16(28-23(27)19-14-8-9-15-20(19)25)22(26)24-21(17-10-4-2-5-11-17)18-12-6-3-7-13-18/h2-16,21,25H,1H3,(H,24,26)/t16-/m0/s1. The molecule has 3 aromatic rings. The molecule has 1 atom stereocenters. The van der Waals surface area contributed by atoms with Gasteiger partial charge in [-0.3, -0.25) is 4.79 Å². The monoisotopic (exact) mass is 375 g/mol. The molecule has 3 aromatic carbocycles. The molecule has 0 aromatic heterocycles. The molecular formula is C23H21NO4. The van der Waals surface area contributed by atoms with Gasteiger partial charge in [0.25, 0.3) is 5.91 Å². The van der Waals surface area contributed by atoms with Crippen LogP contribution in [0.25, 0.3) is 0 Å². The molecule has 0 radical (unpaired) electrons. The van der Waals surface area contributed by atoms with Crippen molar-refractivity contribution in [2.45, 2.75) is 19.1 Å². The third kappa shape index (κ3) is 4.57. The molecule has 3 rings (SSSR count). The number of hydrogen-bond donors (Lipinski definition) is 2. The van der Waals surface area contributed by atoms with Crippen molar-refractivity contribution in [3.8, 4) is 5.75 Å². The highest BCUT2D eigenvalue weighted by Gasteiger charge is 2.24. The number of aromatic hydroxyl groups is 1. The van der Waals surface area contributed by atoms with Crippen LogP contribution in [0.5, 0.6) is 5.75 Å². The molecule has 2 N–H and O–H groups in total. The maximum Gasteiger partial charge on any atom is 0.342 e. The van der Waals surface area contributed by atoms with Gasteiger partial charge in [0.05, 0.1) is 6.04 Å². The van der Waals surface area contributed by atoms with Crippen LogP contribution in [0.4, 0.5) is 0 Å². The van der Waals surface area contributed by atoms with E-state index in [9.17, 15) is 14.7 Å². The maximum atomic E-state index is 12.7. The number of amides is 1. The van der Waals surface area contributed by atoms with Crippen molar-refractivity contribution in [3.63, 3.8) is 0 Å². The Balaban J connectivity index is 1.75. The molecule has 5 heteroatoms. The van der Waals surface area contributed by atoms with Crippen LogP contribution in [-0.4, -0.2) is 23.1 Å². The second kappa shape index (κ2) is 8.86. The third-order valence-corrected chi connectivity index (χ3v) is 4.33. The van der Waals surface area contributed by atoms with Crippen LogP contribution in [0.15, 0.2) is 84.9 Å². The Morgan fingerprint density at radius 1 is 0.821 bits per heavy atom. The van der Waals surface area contributed by atoms with Gasteiger partial charge < -0.3 is 15.2 Å². The van der Waals surface area contributed by atoms with Gasteiger partial charge in [-0.05, 0) is 30.2 Å². The van der Waals surface area contributed by atoms with Crippen LogP contribution in [0.1, 0.15) is 34.5 Å². The average molecular weight is 375 g/mol. The van der Waals surface area contributed by atoms with E-state index in [2.05, 4.69) is 5.32 Å². The molecule has 0 heterocycles. The Morgan fingerprint density at radius 3 is 1.86 bits per heavy atom. The zero-order chi connectivity index (χ0) is 19.9. The molecule has 0 aliphatic rings. The second-order valence-electron chi connectivity index (χ2n) is 6.33. The van der Waals surface area contributed by atoms with Gasteiger partial charge in [0, 0.05) is 0 Å². The number of esters is 1. The van der Waals surface area contributed by atoms with Crippen LogP contribution in [0, 0.1) is 0 Å². The van der Waals surface area contributed by atoms with E-state index in [4.69, 9.17) is 4.74 Å². The highest BCUT2D eigenvalue weighted by molar-refractivity contribution is 5.94. The molecule has 0 bridgehead atoms. The predicted octanol–water partition coefficient (Wildman–Crippen LogP) is 3.84. The minimum Gasteiger partial charge on any atom is -0.507 e. The largest absolute Gasteiger partial charge is 0.507 e. The zero-order valence-corrected chi connectivity index (χ0v) is 15.4. The number of para-hydroxylation sites is 1. The number of rotatable bonds is 6. The molecule has 0 unspecified atom stereocenters. The average Bonchev–Trinajstić information content (AvgIpc) is 2.73. The molecule has 0 saturated carbocycles. The van der Waals surface area contributed by atoms with Gasteiger partial charge >= 0.3 is 5.97 Å². The molecule has 0 saturated heterocycles. The van der Waals surface area contributed by atoms with Crippen LogP contribution >= 0.6 is 0 Å². The van der Waals surface area contributed by atoms with Crippen molar-refractivity contribution in [2.24, 2.45) is 0 Å². The van der Waals surface area contributed by atoms with Gasteiger partial charge in [-0.25, -0.2) is 4.79 Å². The van der Waals surface area contributed by atoms with Crippen molar-refractivity contribution in [3.05, 3.63) is 102 Å². The van der Waals surface area contributed by atoms with Gasteiger partial charge in [-0.1, -0.05) is 72.8 Å². The molecule has 1 amide bonds. The first kappa shape index (κ1) is 19.2. The lowest BCUT2D eigenvalue weighted by atomic mass is 9.98. The first-order valence-corrected chi connectivity index (χ1v) is 8.95. The minimum absolute atomic E-state index is 0.0184. The maximum absolute atomic E-state index is 12.7. The fraction of sp³-hybridized carbons (Fsp3) is 0.130. The van der Waals surface area contributed by atoms with E-state index < -0.39 is 18.0 Å². The van der Waals surface area contributed by atoms with E-state index in [1.54, 1.807) is 12.1 Å². The molecule has 0 fully saturated rings. The number of carbonyl (C=O) groups excluding carboxylic acids is 2. The quantitative estimate of drug-likeness (QED) is 0.642. The minimum atomic E-state index is -1.03. The first-order valence-electron chi connectivity index (χ1n) is 8.95. The van der Waals surface area contributed by atoms with Crippen molar-refractivity contribution in [1.82, 2.24) is 5.32 Å². The Hall–Kier alpha value is -3.60. The fourth-order valence-corrected chi connectivity index (χ4v) is 2.83. The highest BCUT2D eigenvalue weighted by Crippen LogP contribution is 2.22. The zero-order valence-electron chi connectivity index (χ0n) is 15.4. The van der Waals surface area contributed by atoms with Crippen molar-refractivity contribution in [2.75, 3.05) is 0 Å². The summed E-state index contributed by atoms with van der Waals surface area (Å²) in [6.07, 6.45) is -1.03. The molecule has 142 valence electrons. The van der Waals surface area contributed by atoms with E-state index in [1.165, 1.54) is 19.1 Å². The Morgan fingerprint density at radius 2 is 1.32 bits per heavy atom. The SMILES string of the molecule is C[C@H](OC(=O)c1ccccc1O)C(=O)NC(c1ccccc1)c1ccccc1. The molecule has 5 nitrogen and oxygen atoms in total. The number of phenolic OH excluding ortho intramolecular Hbond substituents is 1. The summed E-state index contributed by atoms with van der Waals surface area (Å²) in [6, 6.07) is 24.8. The van der Waals surface area contributed by atoms with Gasteiger partial charge in [0.15, 0.2) is 6.10 Å². The fourth-order valence-electron chi connectivity index (χ4n) is 2.83. The van der Waals surface area contributed by atoms with Gasteiger partial charge in [0.2, 0.25) is 0 Å². The third-order valence-electron chi connectivity index (χ3n) is 4.33. The summed E-state index contributed by atoms with van der Waals surface area (Å²) in [7, 11) is 0. The van der Waals surface area contributed by atoms with Crippen molar-refractivity contribution in [1.29, 1.82) is 0 Å². The van der Waals surface area contributed by atoms with E-state index in [-0.39, 0.29) is 17.4 Å². The summed E-state index contributed by atoms with van der Waals surface area (Å²) in [6.45, 7) is 1.50. The highest BCUT2D eigenvalue weighted by atomic mass is 16.5. The van der Waals surface area contributed by atoms with Crippen LogP contribution in [0.2, 0.25) is 0 Å². The van der Waals surface area contributed by atoms with E-state index in [1.807, 2.05) is 60.7 Å². The molecule has 0 spiro atoms. The van der Waals surface area contributed by atoms with E-state index in [0.29, 0.717) is 0 Å². The molecule has 0 aliphatic heterocycles. The van der Waals surface area contributed by atoms with Gasteiger partial charge in [0.1, 0.15) is 11.3 Å². The summed E-state index contributed by atoms with van der Waals surface area (Å²) in [5.74, 6) is -1.37. The lowest BCUT2D eigenvalue weighted by molar-refractivity contribution is -0.129. The number of ether oxygens (including phenoxy) is 1. The summed E-state index contributed by atoms with van der Waals surface area (Å²) in [5.41, 5.74) is 1.85. The number of carbonyl (C=O) groups is 2. The van der Waals surface area contributed by atoms with Crippen molar-refractivity contribution < 1.29 is 19.4 Å². The molecule has 0 aliphatic carbocycles. The number of benzene rings is 3. The topological polar surface area (TPSA) is 75.6 Å². The summed E-state index contributed by atoms with van der Waals surface area (Å²) in [5, 5.41) is 12.7. The van der Waals surface area contributed by atoms with Gasteiger partial charge in [-0.2, -0.15) is 0 Å². The second-order valence-corrected chi connectivity index (χ2v) is 6.33. The first-order chi connectivity index (χ1) is 13.6. The summed E-state index contributed by atoms with van der Waals surface area (Å²) in [4.78, 5) is 24.9. The molecule has 28 heavy (non-hydrogen) atoms. The smallest absolute Gasteiger partial charge is 0.342 e. The summed E-state index contributed by atoms with van der Waals surface area (Å²) >= 11 is 0. The number of phenols is 1. The van der Waals surface area contributed by atoms with E-state index >= 15 is 0 Å². The lowest BCUT2D eigenvalue weighted by Crippen LogP contribution is -2.38. The summed E-state index contributed by atoms with van der Waals surface area (Å²) < 4.78 is 5.24. The van der Waals surface area contributed by atoms with Crippen LogP contribution < -0.4 is 5.32 Å². The van der Waals surface area contributed by atoms with Crippen LogP contribution in [-0.2, 0) is 9.53 Å². The van der Waals surface area contributed by atoms with Crippen LogP contribution in [0.3, 0.4) is 0 Å². The number of nitrogens with one attached hydrogen (secondary N) is 1. The van der Waals surface area contributed by atoms with Crippen molar-refractivity contribution >= 4 is 11.9 Å². The van der Waals surface area contributed by atoms with Gasteiger partial charge in [-0.15, -0.1) is 0 Å². The predicted molar refractivity (Wildman–Crippen MR) is 106 cm³/mol. The Labute approximate surface area is 163 Å². The van der Waals surface area contributed by atoms with E-state index in [0.717, 1.165) is 11.1 Å². The lowest BCUT2D eigenvalue weighted by Gasteiger charge is -2.22.